The van der Waals surface area contributed by atoms with Gasteiger partial charge < -0.3 is 4.90 Å². The van der Waals surface area contributed by atoms with E-state index in [0.717, 1.165) is 11.4 Å². The molecule has 0 fully saturated rings. The first-order chi connectivity index (χ1) is 24.3. The predicted molar refractivity (Wildman–Crippen MR) is 217 cm³/mol. The molecule has 2 heterocycles. The number of anilines is 3. The molecule has 11 aromatic rings. The van der Waals surface area contributed by atoms with E-state index in [4.69, 9.17) is 0 Å². The minimum atomic E-state index is 1.15. The van der Waals surface area contributed by atoms with Gasteiger partial charge in [-0.2, -0.15) is 0 Å². The van der Waals surface area contributed by atoms with E-state index >= 15 is 0 Å². The molecule has 0 aliphatic carbocycles. The Labute approximate surface area is 290 Å². The molecule has 0 spiro atoms. The van der Waals surface area contributed by atoms with Gasteiger partial charge in [0, 0.05) is 52.4 Å². The topological polar surface area (TPSA) is 3.24 Å². The van der Waals surface area contributed by atoms with E-state index in [9.17, 15) is 0 Å². The van der Waals surface area contributed by atoms with Gasteiger partial charge in [-0.3, -0.25) is 0 Å². The van der Waals surface area contributed by atoms with Gasteiger partial charge in [0.15, 0.2) is 0 Å². The quantitative estimate of drug-likeness (QED) is 0.171. The lowest BCUT2D eigenvalue weighted by Gasteiger charge is -2.26. The summed E-state index contributed by atoms with van der Waals surface area (Å²) >= 11 is 3.79. The van der Waals surface area contributed by atoms with Crippen LogP contribution in [-0.2, 0) is 0 Å². The van der Waals surface area contributed by atoms with Crippen LogP contribution in [-0.4, -0.2) is 0 Å². The summed E-state index contributed by atoms with van der Waals surface area (Å²) in [5.41, 5.74) is 3.52. The third-order valence-electron chi connectivity index (χ3n) is 10.2. The average molecular weight is 658 g/mol. The molecule has 0 amide bonds. The van der Waals surface area contributed by atoms with Gasteiger partial charge in [0.05, 0.1) is 10.4 Å². The number of nitrogens with zero attached hydrogens (tertiary/aromatic N) is 1. The van der Waals surface area contributed by atoms with Crippen molar-refractivity contribution in [3.05, 3.63) is 164 Å². The maximum atomic E-state index is 2.49. The van der Waals surface area contributed by atoms with Crippen LogP contribution < -0.4 is 4.90 Å². The van der Waals surface area contributed by atoms with Crippen molar-refractivity contribution in [3.63, 3.8) is 0 Å². The third kappa shape index (κ3) is 3.98. The zero-order chi connectivity index (χ0) is 32.1. The first-order valence-corrected chi connectivity index (χ1v) is 18.3. The summed E-state index contributed by atoms with van der Waals surface area (Å²) in [5.74, 6) is 0. The molecule has 0 N–H and O–H groups in total. The van der Waals surface area contributed by atoms with E-state index in [1.165, 1.54) is 89.1 Å². The SMILES string of the molecule is c1ccc2c(c1)ccc1cc(N(c3ccc4sc5ccccc5c4c3)c3cccc4c3sc3c5ccccc5c5ccccc5c43)ccc12. The standard InChI is InChI=1S/C46H27NS2/c1-2-11-32-28(10-1)20-21-29-26-30(22-24-33(29)32)47(31-23-25-43-40(27-31)36-14-7-8-19-42(36)48-43)41-18-9-17-39-44-37-15-5-3-12-34(37)35-13-4-6-16-38(35)46(44)49-45(39)41/h1-27H. The van der Waals surface area contributed by atoms with Crippen LogP contribution in [0.1, 0.15) is 0 Å². The largest absolute Gasteiger partial charge is 0.309 e. The molecule has 1 nitrogen and oxygen atoms in total. The number of thiophene rings is 2. The Kier molecular flexibility index (Phi) is 5.77. The Morgan fingerprint density at radius 1 is 0.327 bits per heavy atom. The van der Waals surface area contributed by atoms with Gasteiger partial charge in [-0.15, -0.1) is 22.7 Å². The molecular weight excluding hydrogens is 631 g/mol. The zero-order valence-corrected chi connectivity index (χ0v) is 28.0. The second-order valence-corrected chi connectivity index (χ2v) is 15.0. The molecule has 3 heteroatoms. The van der Waals surface area contributed by atoms with E-state index in [1.807, 2.05) is 22.7 Å². The number of hydrogen-bond donors (Lipinski definition) is 0. The lowest BCUT2D eigenvalue weighted by molar-refractivity contribution is 1.32. The second kappa shape index (κ2) is 10.4. The van der Waals surface area contributed by atoms with Crippen molar-refractivity contribution in [2.24, 2.45) is 0 Å². The fourth-order valence-corrected chi connectivity index (χ4v) is 10.5. The molecule has 0 aliphatic rings. The normalized spacial score (nSPS) is 12.1. The Bertz CT molecular complexity index is 3130. The fraction of sp³-hybridized carbons (Fsp3) is 0. The van der Waals surface area contributed by atoms with E-state index < -0.39 is 0 Å². The highest BCUT2D eigenvalue weighted by Crippen LogP contribution is 2.50. The highest BCUT2D eigenvalue weighted by atomic mass is 32.1. The molecule has 0 atom stereocenters. The first kappa shape index (κ1) is 27.2. The lowest BCUT2D eigenvalue weighted by atomic mass is 9.97. The molecule has 0 unspecified atom stereocenters. The van der Waals surface area contributed by atoms with Gasteiger partial charge in [-0.05, 0) is 80.2 Å². The average Bonchev–Trinajstić information content (AvgIpc) is 3.75. The number of benzene rings is 9. The van der Waals surface area contributed by atoms with E-state index in [0.29, 0.717) is 0 Å². The van der Waals surface area contributed by atoms with Crippen LogP contribution in [0.15, 0.2) is 164 Å². The molecule has 228 valence electrons. The molecular formula is C46H27NS2. The molecule has 0 radical (unpaired) electrons. The van der Waals surface area contributed by atoms with Crippen LogP contribution in [0.25, 0.3) is 83.4 Å². The van der Waals surface area contributed by atoms with Crippen LogP contribution in [0.3, 0.4) is 0 Å². The van der Waals surface area contributed by atoms with Crippen LogP contribution >= 0.6 is 22.7 Å². The highest BCUT2D eigenvalue weighted by molar-refractivity contribution is 7.27. The Morgan fingerprint density at radius 2 is 0.939 bits per heavy atom. The summed E-state index contributed by atoms with van der Waals surface area (Å²) < 4.78 is 5.28. The van der Waals surface area contributed by atoms with Crippen molar-refractivity contribution in [2.45, 2.75) is 0 Å². The smallest absolute Gasteiger partial charge is 0.0640 e. The van der Waals surface area contributed by atoms with Gasteiger partial charge >= 0.3 is 0 Å². The number of hydrogen-bond acceptors (Lipinski definition) is 3. The number of fused-ring (bicyclic) bond motifs is 14. The lowest BCUT2D eigenvalue weighted by Crippen LogP contribution is -2.10. The molecule has 0 saturated heterocycles. The molecule has 0 bridgehead atoms. The van der Waals surface area contributed by atoms with Crippen LogP contribution in [0.5, 0.6) is 0 Å². The van der Waals surface area contributed by atoms with Gasteiger partial charge in [0.1, 0.15) is 0 Å². The number of rotatable bonds is 3. The van der Waals surface area contributed by atoms with Gasteiger partial charge in [0.2, 0.25) is 0 Å². The minimum absolute atomic E-state index is 1.15. The van der Waals surface area contributed by atoms with Crippen molar-refractivity contribution < 1.29 is 0 Å². The van der Waals surface area contributed by atoms with Crippen molar-refractivity contribution in [2.75, 3.05) is 4.90 Å². The van der Waals surface area contributed by atoms with Crippen molar-refractivity contribution in [3.8, 4) is 0 Å². The van der Waals surface area contributed by atoms with Gasteiger partial charge in [0.25, 0.3) is 0 Å². The Hall–Kier alpha value is -5.74. The molecule has 9 aromatic carbocycles. The van der Waals surface area contributed by atoms with E-state index in [2.05, 4.69) is 169 Å². The van der Waals surface area contributed by atoms with E-state index in [-0.39, 0.29) is 0 Å². The van der Waals surface area contributed by atoms with Crippen LogP contribution in [0.4, 0.5) is 17.1 Å². The van der Waals surface area contributed by atoms with Crippen LogP contribution in [0.2, 0.25) is 0 Å². The Morgan fingerprint density at radius 3 is 1.82 bits per heavy atom. The summed E-state index contributed by atoms with van der Waals surface area (Å²) in [5, 5.41) is 15.6. The van der Waals surface area contributed by atoms with Gasteiger partial charge in [-0.25, -0.2) is 0 Å². The summed E-state index contributed by atoms with van der Waals surface area (Å²) in [6.07, 6.45) is 0. The van der Waals surface area contributed by atoms with Crippen molar-refractivity contribution in [1.29, 1.82) is 0 Å². The second-order valence-electron chi connectivity index (χ2n) is 12.9. The summed E-state index contributed by atoms with van der Waals surface area (Å²) in [7, 11) is 0. The summed E-state index contributed by atoms with van der Waals surface area (Å²) in [4.78, 5) is 2.49. The van der Waals surface area contributed by atoms with Crippen LogP contribution in [0, 0.1) is 0 Å². The zero-order valence-electron chi connectivity index (χ0n) is 26.4. The molecule has 11 rings (SSSR count). The Balaban J connectivity index is 1.24. The summed E-state index contributed by atoms with van der Waals surface area (Å²) in [6, 6.07) is 60.7. The highest BCUT2D eigenvalue weighted by Gasteiger charge is 2.21. The molecule has 49 heavy (non-hydrogen) atoms. The molecule has 0 aliphatic heterocycles. The van der Waals surface area contributed by atoms with E-state index in [1.54, 1.807) is 0 Å². The van der Waals surface area contributed by atoms with Crippen molar-refractivity contribution >= 4 is 123 Å². The monoisotopic (exact) mass is 657 g/mol. The van der Waals surface area contributed by atoms with Crippen molar-refractivity contribution in [1.82, 2.24) is 0 Å². The maximum Gasteiger partial charge on any atom is 0.0640 e. The predicted octanol–water partition coefficient (Wildman–Crippen LogP) is 14.5. The minimum Gasteiger partial charge on any atom is -0.309 e. The summed E-state index contributed by atoms with van der Waals surface area (Å²) in [6.45, 7) is 0. The maximum absolute atomic E-state index is 2.49. The molecule has 2 aromatic heterocycles. The first-order valence-electron chi connectivity index (χ1n) is 16.7. The molecule has 0 saturated carbocycles. The van der Waals surface area contributed by atoms with Gasteiger partial charge in [-0.1, -0.05) is 121 Å². The fourth-order valence-electron chi connectivity index (χ4n) is 8.01. The third-order valence-corrected chi connectivity index (χ3v) is 12.6.